The molecule has 0 spiro atoms. The van der Waals surface area contributed by atoms with Crippen LogP contribution in [-0.2, 0) is 0 Å². The smallest absolute Gasteiger partial charge is 0.0934 e. The van der Waals surface area contributed by atoms with Crippen molar-refractivity contribution in [3.8, 4) is 0 Å². The van der Waals surface area contributed by atoms with E-state index in [1.165, 1.54) is 12.8 Å². The van der Waals surface area contributed by atoms with E-state index >= 15 is 0 Å². The van der Waals surface area contributed by atoms with Gasteiger partial charge in [-0.2, -0.15) is 0 Å². The van der Waals surface area contributed by atoms with Gasteiger partial charge in [0.1, 0.15) is 0 Å². The van der Waals surface area contributed by atoms with E-state index < -0.39 is 0 Å². The van der Waals surface area contributed by atoms with Crippen molar-refractivity contribution in [3.63, 3.8) is 0 Å². The van der Waals surface area contributed by atoms with Crippen LogP contribution in [0.2, 0.25) is 0 Å². The van der Waals surface area contributed by atoms with Crippen LogP contribution in [0.25, 0.3) is 0 Å². The quantitative estimate of drug-likeness (QED) is 0.496. The van der Waals surface area contributed by atoms with Crippen LogP contribution >= 0.6 is 0 Å². The maximum atomic E-state index is 7.33. The van der Waals surface area contributed by atoms with E-state index in [2.05, 4.69) is 5.32 Å². The average Bonchev–Trinajstić information content (AvgIpc) is 1.78. The maximum absolute atomic E-state index is 7.33. The van der Waals surface area contributed by atoms with Crippen LogP contribution in [0.4, 0.5) is 0 Å². The van der Waals surface area contributed by atoms with Crippen molar-refractivity contribution in [1.29, 1.82) is 5.41 Å². The van der Waals surface area contributed by atoms with Crippen LogP contribution in [0.1, 0.15) is 19.3 Å². The molecule has 2 aliphatic rings. The van der Waals surface area contributed by atoms with Gasteiger partial charge in [-0.25, -0.2) is 0 Å². The minimum atomic E-state index is 0.760. The van der Waals surface area contributed by atoms with E-state index in [1.807, 2.05) is 0 Å². The predicted molar refractivity (Wildman–Crippen MR) is 36.6 cm³/mol. The summed E-state index contributed by atoms with van der Waals surface area (Å²) in [6.45, 7) is 1.07. The second-order valence-corrected chi connectivity index (χ2v) is 3.16. The Kier molecular flexibility index (Phi) is 1.01. The molecule has 0 aromatic rings. The Labute approximate surface area is 55.2 Å². The Morgan fingerprint density at radius 3 is 2.56 bits per heavy atom. The normalized spacial score (nSPS) is 40.7. The SMILES string of the molecule is N=C1CC2CCC2CN1. The monoisotopic (exact) mass is 124 g/mol. The van der Waals surface area contributed by atoms with Crippen LogP contribution in [0.15, 0.2) is 0 Å². The molecule has 0 radical (unpaired) electrons. The zero-order valence-corrected chi connectivity index (χ0v) is 5.48. The Morgan fingerprint density at radius 1 is 1.33 bits per heavy atom. The van der Waals surface area contributed by atoms with Gasteiger partial charge < -0.3 is 5.32 Å². The Bertz CT molecular complexity index is 142. The molecule has 0 bridgehead atoms. The lowest BCUT2D eigenvalue weighted by Gasteiger charge is -2.41. The Morgan fingerprint density at radius 2 is 2.11 bits per heavy atom. The molecule has 0 aromatic carbocycles. The van der Waals surface area contributed by atoms with Crippen molar-refractivity contribution >= 4 is 5.84 Å². The van der Waals surface area contributed by atoms with Crippen molar-refractivity contribution in [1.82, 2.24) is 5.32 Å². The highest BCUT2D eigenvalue weighted by molar-refractivity contribution is 5.80. The molecular formula is C7H12N2. The van der Waals surface area contributed by atoms with Crippen LogP contribution in [0, 0.1) is 17.2 Å². The van der Waals surface area contributed by atoms with E-state index in [1.54, 1.807) is 0 Å². The molecule has 0 aromatic heterocycles. The number of nitrogens with one attached hydrogen (secondary N) is 2. The summed E-state index contributed by atoms with van der Waals surface area (Å²) < 4.78 is 0. The first-order chi connectivity index (χ1) is 4.36. The summed E-state index contributed by atoms with van der Waals surface area (Å²) in [5.74, 6) is 2.55. The molecule has 1 heterocycles. The Balaban J connectivity index is 1.99. The first-order valence-corrected chi connectivity index (χ1v) is 3.67. The van der Waals surface area contributed by atoms with Crippen LogP contribution in [-0.4, -0.2) is 12.4 Å². The molecule has 2 heteroatoms. The summed E-state index contributed by atoms with van der Waals surface area (Å²) in [5.41, 5.74) is 0. The van der Waals surface area contributed by atoms with Gasteiger partial charge in [0.05, 0.1) is 5.84 Å². The zero-order chi connectivity index (χ0) is 6.27. The standard InChI is InChI=1S/C7H12N2/c8-7-3-5-1-2-6(5)4-9-7/h5-6H,1-4H2,(H2,8,9). The highest BCUT2D eigenvalue weighted by atomic mass is 15.0. The van der Waals surface area contributed by atoms with Crippen molar-refractivity contribution in [2.45, 2.75) is 19.3 Å². The molecule has 1 saturated heterocycles. The highest BCUT2D eigenvalue weighted by Crippen LogP contribution is 2.38. The molecule has 0 amide bonds. The third kappa shape index (κ3) is 0.732. The van der Waals surface area contributed by atoms with Gasteiger partial charge in [0.15, 0.2) is 0 Å². The molecule has 1 saturated carbocycles. The van der Waals surface area contributed by atoms with Crippen molar-refractivity contribution in [2.24, 2.45) is 11.8 Å². The minimum absolute atomic E-state index is 0.760. The van der Waals surface area contributed by atoms with Gasteiger partial charge in [-0.05, 0) is 24.7 Å². The molecule has 2 atom stereocenters. The second-order valence-electron chi connectivity index (χ2n) is 3.16. The summed E-state index contributed by atoms with van der Waals surface area (Å²) in [6.07, 6.45) is 3.78. The van der Waals surface area contributed by atoms with E-state index in [0.29, 0.717) is 0 Å². The fourth-order valence-electron chi connectivity index (χ4n) is 1.76. The van der Waals surface area contributed by atoms with Gasteiger partial charge in [-0.1, -0.05) is 0 Å². The Hall–Kier alpha value is -0.530. The van der Waals surface area contributed by atoms with E-state index in [9.17, 15) is 0 Å². The number of hydrogen-bond donors (Lipinski definition) is 2. The number of fused-ring (bicyclic) bond motifs is 1. The van der Waals surface area contributed by atoms with Crippen molar-refractivity contribution < 1.29 is 0 Å². The summed E-state index contributed by atoms with van der Waals surface area (Å²) in [4.78, 5) is 0. The van der Waals surface area contributed by atoms with Crippen LogP contribution in [0.5, 0.6) is 0 Å². The first kappa shape index (κ1) is 5.27. The van der Waals surface area contributed by atoms with Gasteiger partial charge in [0.2, 0.25) is 0 Å². The van der Waals surface area contributed by atoms with Gasteiger partial charge in [0, 0.05) is 13.0 Å². The average molecular weight is 124 g/mol. The van der Waals surface area contributed by atoms with Gasteiger partial charge in [-0.3, -0.25) is 5.41 Å². The molecular weight excluding hydrogens is 112 g/mol. The van der Waals surface area contributed by atoms with Crippen molar-refractivity contribution in [2.75, 3.05) is 6.54 Å². The third-order valence-electron chi connectivity index (χ3n) is 2.62. The predicted octanol–water partition coefficient (Wildman–Crippen LogP) is 0.983. The minimum Gasteiger partial charge on any atom is -0.374 e. The topological polar surface area (TPSA) is 35.9 Å². The van der Waals surface area contributed by atoms with Gasteiger partial charge >= 0.3 is 0 Å². The molecule has 2 N–H and O–H groups in total. The summed E-state index contributed by atoms with van der Waals surface area (Å²) in [5, 5.41) is 10.4. The lowest BCUT2D eigenvalue weighted by molar-refractivity contribution is 0.168. The fraction of sp³-hybridized carbons (Fsp3) is 0.857. The zero-order valence-electron chi connectivity index (χ0n) is 5.48. The van der Waals surface area contributed by atoms with Crippen molar-refractivity contribution in [3.05, 3.63) is 0 Å². The number of piperidine rings is 1. The summed E-state index contributed by atoms with van der Waals surface area (Å²) >= 11 is 0. The highest BCUT2D eigenvalue weighted by Gasteiger charge is 2.34. The number of hydrogen-bond acceptors (Lipinski definition) is 1. The molecule has 1 aliphatic heterocycles. The van der Waals surface area contributed by atoms with Gasteiger partial charge in [0.25, 0.3) is 0 Å². The van der Waals surface area contributed by atoms with Crippen LogP contribution in [0.3, 0.4) is 0 Å². The molecule has 2 unspecified atom stereocenters. The lowest BCUT2D eigenvalue weighted by atomic mass is 9.70. The summed E-state index contributed by atoms with van der Waals surface area (Å²) in [7, 11) is 0. The first-order valence-electron chi connectivity index (χ1n) is 3.67. The molecule has 1 aliphatic carbocycles. The number of amidine groups is 1. The fourth-order valence-corrected chi connectivity index (χ4v) is 1.76. The molecule has 50 valence electrons. The molecule has 2 nitrogen and oxygen atoms in total. The third-order valence-corrected chi connectivity index (χ3v) is 2.62. The number of rotatable bonds is 0. The van der Waals surface area contributed by atoms with E-state index in [0.717, 1.165) is 30.6 Å². The van der Waals surface area contributed by atoms with Gasteiger partial charge in [-0.15, -0.1) is 0 Å². The maximum Gasteiger partial charge on any atom is 0.0934 e. The van der Waals surface area contributed by atoms with Crippen LogP contribution < -0.4 is 5.32 Å². The molecule has 9 heavy (non-hydrogen) atoms. The largest absolute Gasteiger partial charge is 0.374 e. The lowest BCUT2D eigenvalue weighted by Crippen LogP contribution is -2.45. The summed E-state index contributed by atoms with van der Waals surface area (Å²) in [6, 6.07) is 0. The second kappa shape index (κ2) is 1.72. The molecule has 2 rings (SSSR count). The van der Waals surface area contributed by atoms with E-state index in [4.69, 9.17) is 5.41 Å². The van der Waals surface area contributed by atoms with E-state index in [-0.39, 0.29) is 0 Å². The molecule has 2 fully saturated rings.